The lowest BCUT2D eigenvalue weighted by atomic mass is 10.0. The quantitative estimate of drug-likeness (QED) is 0.289. The molecule has 0 aromatic heterocycles. The maximum atomic E-state index is 12.7. The number of methoxy groups -OCH3 is 1. The number of carbonyl (C=O) groups excluding carboxylic acids is 4. The zero-order valence-corrected chi connectivity index (χ0v) is 22.0. The van der Waals surface area contributed by atoms with Gasteiger partial charge in [-0.25, -0.2) is 4.79 Å². The minimum absolute atomic E-state index is 0.0472. The number of hydrogen-bond donors (Lipinski definition) is 0. The van der Waals surface area contributed by atoms with Gasteiger partial charge in [-0.05, 0) is 58.4 Å². The van der Waals surface area contributed by atoms with Crippen LogP contribution in [-0.2, 0) is 14.3 Å². The Balaban J connectivity index is 1.38. The van der Waals surface area contributed by atoms with Crippen molar-refractivity contribution in [2.24, 2.45) is 0 Å². The lowest BCUT2D eigenvalue weighted by molar-refractivity contribution is -0.128. The zero-order chi connectivity index (χ0) is 26.3. The molecule has 2 aliphatic rings. The topological polar surface area (TPSA) is 96.5 Å². The summed E-state index contributed by atoms with van der Waals surface area (Å²) in [4.78, 5) is 54.4. The molecule has 2 aliphatic heterocycles. The Morgan fingerprint density at radius 3 is 2.33 bits per heavy atom. The highest BCUT2D eigenvalue weighted by molar-refractivity contribution is 6.09. The summed E-state index contributed by atoms with van der Waals surface area (Å²) >= 11 is 0. The number of ketones is 2. The predicted molar refractivity (Wildman–Crippen MR) is 137 cm³/mol. The summed E-state index contributed by atoms with van der Waals surface area (Å²) in [5.41, 5.74) is 0.681. The number of piperazine rings is 1. The molecule has 2 fully saturated rings. The van der Waals surface area contributed by atoms with Gasteiger partial charge in [0.2, 0.25) is 5.91 Å². The largest absolute Gasteiger partial charge is 0.495 e. The van der Waals surface area contributed by atoms with E-state index in [-0.39, 0.29) is 30.0 Å². The van der Waals surface area contributed by atoms with Crippen LogP contribution < -0.4 is 9.64 Å². The molecule has 3 rings (SSSR count). The van der Waals surface area contributed by atoms with Crippen LogP contribution >= 0.6 is 0 Å². The van der Waals surface area contributed by atoms with Gasteiger partial charge in [-0.3, -0.25) is 19.3 Å². The van der Waals surface area contributed by atoms with E-state index in [1.54, 1.807) is 28.0 Å². The normalized spacial score (nSPS) is 17.3. The molecule has 0 bridgehead atoms. The Morgan fingerprint density at radius 1 is 0.972 bits per heavy atom. The Kier molecular flexibility index (Phi) is 9.48. The first-order valence-corrected chi connectivity index (χ1v) is 12.8. The molecule has 198 valence electrons. The Bertz CT molecular complexity index is 963. The van der Waals surface area contributed by atoms with E-state index >= 15 is 0 Å². The van der Waals surface area contributed by atoms with Gasteiger partial charge >= 0.3 is 6.09 Å². The maximum Gasteiger partial charge on any atom is 0.410 e. The van der Waals surface area contributed by atoms with E-state index in [0.29, 0.717) is 49.5 Å². The molecule has 9 heteroatoms. The fourth-order valence-electron chi connectivity index (χ4n) is 4.47. The third-order valence-corrected chi connectivity index (χ3v) is 6.46. The Morgan fingerprint density at radius 2 is 1.69 bits per heavy atom. The second kappa shape index (κ2) is 12.3. The number of ether oxygens (including phenoxy) is 2. The molecule has 2 heterocycles. The predicted octanol–water partition coefficient (Wildman–Crippen LogP) is 3.69. The molecule has 2 amide bonds. The number of amides is 2. The van der Waals surface area contributed by atoms with E-state index in [0.717, 1.165) is 38.9 Å². The number of Topliss-reactive ketones (excluding diaryl/α,β-unsaturated/α-hetero) is 2. The van der Waals surface area contributed by atoms with Crippen LogP contribution in [0.25, 0.3) is 0 Å². The van der Waals surface area contributed by atoms with Crippen molar-refractivity contribution in [3.05, 3.63) is 23.8 Å². The Hall–Kier alpha value is -2.94. The molecule has 1 aromatic carbocycles. The molecule has 0 spiro atoms. The van der Waals surface area contributed by atoms with Crippen LogP contribution in [0.3, 0.4) is 0 Å². The van der Waals surface area contributed by atoms with Crippen molar-refractivity contribution >= 4 is 29.3 Å². The lowest BCUT2D eigenvalue weighted by Crippen LogP contribution is -2.50. The van der Waals surface area contributed by atoms with Crippen LogP contribution in [0.4, 0.5) is 10.5 Å². The standard InChI is InChI=1S/C27H39N3O6/c1-27(2,3)36-26(34)29-16-14-28(15-17-29)12-7-5-6-8-23(32)20-9-10-22(24(18-20)35-4)30-13-11-21(31)19-25(30)33/h9-10,18H,5-8,11-17,19H2,1-4H3. The number of anilines is 1. The van der Waals surface area contributed by atoms with Crippen LogP contribution in [0.15, 0.2) is 18.2 Å². The molecule has 36 heavy (non-hydrogen) atoms. The van der Waals surface area contributed by atoms with Gasteiger partial charge in [-0.15, -0.1) is 0 Å². The number of piperidine rings is 1. The average molecular weight is 502 g/mol. The SMILES string of the molecule is COc1cc(C(=O)CCCCCN2CCN(C(=O)OC(C)(C)C)CC2)ccc1N1CCC(=O)CC1=O. The minimum Gasteiger partial charge on any atom is -0.495 e. The van der Waals surface area contributed by atoms with Crippen molar-refractivity contribution in [2.75, 3.05) is 51.3 Å². The van der Waals surface area contributed by atoms with E-state index in [2.05, 4.69) is 4.90 Å². The summed E-state index contributed by atoms with van der Waals surface area (Å²) in [6, 6.07) is 5.15. The fraction of sp³-hybridized carbons (Fsp3) is 0.630. The van der Waals surface area contributed by atoms with Gasteiger partial charge in [-0.2, -0.15) is 0 Å². The molecule has 0 unspecified atom stereocenters. The van der Waals surface area contributed by atoms with Gasteiger partial charge < -0.3 is 19.3 Å². The second-order valence-corrected chi connectivity index (χ2v) is 10.4. The third-order valence-electron chi connectivity index (χ3n) is 6.46. The van der Waals surface area contributed by atoms with Gasteiger partial charge in [0, 0.05) is 51.1 Å². The smallest absolute Gasteiger partial charge is 0.410 e. The third kappa shape index (κ3) is 7.78. The van der Waals surface area contributed by atoms with Crippen LogP contribution in [0.2, 0.25) is 0 Å². The van der Waals surface area contributed by atoms with Gasteiger partial charge in [0.25, 0.3) is 0 Å². The molecule has 0 N–H and O–H groups in total. The summed E-state index contributed by atoms with van der Waals surface area (Å²) in [7, 11) is 1.51. The number of unbranched alkanes of at least 4 members (excludes halogenated alkanes) is 2. The highest BCUT2D eigenvalue weighted by Crippen LogP contribution is 2.32. The summed E-state index contributed by atoms with van der Waals surface area (Å²) in [5.74, 6) is 0.222. The van der Waals surface area contributed by atoms with Crippen molar-refractivity contribution in [1.82, 2.24) is 9.80 Å². The monoisotopic (exact) mass is 501 g/mol. The molecule has 1 aromatic rings. The number of nitrogens with zero attached hydrogens (tertiary/aromatic N) is 3. The van der Waals surface area contributed by atoms with Gasteiger partial charge in [0.1, 0.15) is 17.1 Å². The lowest BCUT2D eigenvalue weighted by Gasteiger charge is -2.35. The Labute approximate surface area is 213 Å². The van der Waals surface area contributed by atoms with E-state index in [4.69, 9.17) is 9.47 Å². The van der Waals surface area contributed by atoms with E-state index in [1.165, 1.54) is 7.11 Å². The van der Waals surface area contributed by atoms with Gasteiger partial charge in [-0.1, -0.05) is 6.42 Å². The second-order valence-electron chi connectivity index (χ2n) is 10.4. The van der Waals surface area contributed by atoms with Crippen LogP contribution in [0.5, 0.6) is 5.75 Å². The van der Waals surface area contributed by atoms with Crippen molar-refractivity contribution < 1.29 is 28.7 Å². The summed E-state index contributed by atoms with van der Waals surface area (Å²) in [5, 5.41) is 0. The number of carbonyl (C=O) groups is 4. The van der Waals surface area contributed by atoms with E-state index in [9.17, 15) is 19.2 Å². The fourth-order valence-corrected chi connectivity index (χ4v) is 4.47. The molecule has 0 aliphatic carbocycles. The molecule has 0 saturated carbocycles. The summed E-state index contributed by atoms with van der Waals surface area (Å²) in [6.45, 7) is 9.91. The van der Waals surface area contributed by atoms with Crippen molar-refractivity contribution in [3.8, 4) is 5.75 Å². The summed E-state index contributed by atoms with van der Waals surface area (Å²) in [6.07, 6.45) is 3.18. The van der Waals surface area contributed by atoms with Crippen LogP contribution in [-0.4, -0.2) is 85.3 Å². The first-order chi connectivity index (χ1) is 17.1. The molecule has 0 atom stereocenters. The number of hydrogen-bond acceptors (Lipinski definition) is 7. The van der Waals surface area contributed by atoms with Gasteiger partial charge in [0.05, 0.1) is 19.2 Å². The van der Waals surface area contributed by atoms with E-state index < -0.39 is 5.60 Å². The zero-order valence-electron chi connectivity index (χ0n) is 22.0. The molecule has 0 radical (unpaired) electrons. The molecular weight excluding hydrogens is 462 g/mol. The minimum atomic E-state index is -0.479. The maximum absolute atomic E-state index is 12.7. The molecule has 9 nitrogen and oxygen atoms in total. The number of rotatable bonds is 9. The summed E-state index contributed by atoms with van der Waals surface area (Å²) < 4.78 is 10.9. The van der Waals surface area contributed by atoms with Crippen molar-refractivity contribution in [2.45, 2.75) is 64.9 Å². The van der Waals surface area contributed by atoms with Crippen LogP contribution in [0.1, 0.15) is 69.7 Å². The van der Waals surface area contributed by atoms with E-state index in [1.807, 2.05) is 20.8 Å². The highest BCUT2D eigenvalue weighted by Gasteiger charge is 2.28. The van der Waals surface area contributed by atoms with Crippen molar-refractivity contribution in [3.63, 3.8) is 0 Å². The average Bonchev–Trinajstić information content (AvgIpc) is 2.83. The first kappa shape index (κ1) is 27.6. The van der Waals surface area contributed by atoms with Crippen molar-refractivity contribution in [1.29, 1.82) is 0 Å². The molecular formula is C27H39N3O6. The number of benzene rings is 1. The highest BCUT2D eigenvalue weighted by atomic mass is 16.6. The molecule has 2 saturated heterocycles. The van der Waals surface area contributed by atoms with Gasteiger partial charge in [0.15, 0.2) is 5.78 Å². The first-order valence-electron chi connectivity index (χ1n) is 12.8. The van der Waals surface area contributed by atoms with Crippen LogP contribution in [0, 0.1) is 0 Å².